The van der Waals surface area contributed by atoms with Gasteiger partial charge in [-0.3, -0.25) is 4.79 Å². The van der Waals surface area contributed by atoms with Crippen LogP contribution < -0.4 is 0 Å². The summed E-state index contributed by atoms with van der Waals surface area (Å²) in [4.78, 5) is 11.6. The van der Waals surface area contributed by atoms with Crippen molar-refractivity contribution in [3.63, 3.8) is 0 Å². The summed E-state index contributed by atoms with van der Waals surface area (Å²) in [5, 5.41) is 19.1. The first kappa shape index (κ1) is 10.1. The quantitative estimate of drug-likeness (QED) is 0.743. The SMILES string of the molecule is O=C1C=C[C@@](O)(CO)[C@H]1c1ccccc1. The minimum atomic E-state index is -1.45. The van der Waals surface area contributed by atoms with Gasteiger partial charge < -0.3 is 10.2 Å². The molecule has 3 heteroatoms. The molecule has 1 aromatic rings. The zero-order valence-corrected chi connectivity index (χ0v) is 8.13. The van der Waals surface area contributed by atoms with E-state index in [-0.39, 0.29) is 5.78 Å². The summed E-state index contributed by atoms with van der Waals surface area (Å²) in [5.74, 6) is -0.846. The molecule has 1 aliphatic carbocycles. The third-order valence-corrected chi connectivity index (χ3v) is 2.71. The van der Waals surface area contributed by atoms with Crippen LogP contribution in [0.15, 0.2) is 42.5 Å². The lowest BCUT2D eigenvalue weighted by molar-refractivity contribution is -0.119. The van der Waals surface area contributed by atoms with E-state index in [9.17, 15) is 9.90 Å². The van der Waals surface area contributed by atoms with Gasteiger partial charge in [0.2, 0.25) is 0 Å². The average molecular weight is 204 g/mol. The molecule has 2 N–H and O–H groups in total. The fraction of sp³-hybridized carbons (Fsp3) is 0.250. The molecule has 0 amide bonds. The van der Waals surface area contributed by atoms with Crippen molar-refractivity contribution in [2.24, 2.45) is 0 Å². The number of hydrogen-bond donors (Lipinski definition) is 2. The Morgan fingerprint density at radius 3 is 2.53 bits per heavy atom. The Labute approximate surface area is 87.7 Å². The van der Waals surface area contributed by atoms with E-state index >= 15 is 0 Å². The summed E-state index contributed by atoms with van der Waals surface area (Å²) in [6.45, 7) is -0.450. The maximum absolute atomic E-state index is 11.6. The van der Waals surface area contributed by atoms with Crippen molar-refractivity contribution in [1.29, 1.82) is 0 Å². The lowest BCUT2D eigenvalue weighted by atomic mass is 9.84. The molecule has 1 aliphatic rings. The highest BCUT2D eigenvalue weighted by Gasteiger charge is 2.43. The van der Waals surface area contributed by atoms with E-state index in [1.807, 2.05) is 6.07 Å². The Morgan fingerprint density at radius 1 is 1.27 bits per heavy atom. The monoisotopic (exact) mass is 204 g/mol. The van der Waals surface area contributed by atoms with E-state index in [1.54, 1.807) is 24.3 Å². The summed E-state index contributed by atoms with van der Waals surface area (Å²) in [7, 11) is 0. The normalized spacial score (nSPS) is 29.7. The van der Waals surface area contributed by atoms with Gasteiger partial charge in [0, 0.05) is 0 Å². The minimum Gasteiger partial charge on any atom is -0.393 e. The van der Waals surface area contributed by atoms with Crippen LogP contribution in [0.3, 0.4) is 0 Å². The Kier molecular flexibility index (Phi) is 2.42. The molecule has 78 valence electrons. The number of ketones is 1. The highest BCUT2D eigenvalue weighted by molar-refractivity contribution is 5.99. The number of rotatable bonds is 2. The van der Waals surface area contributed by atoms with Gasteiger partial charge in [-0.25, -0.2) is 0 Å². The van der Waals surface area contributed by atoms with Gasteiger partial charge in [-0.1, -0.05) is 30.3 Å². The van der Waals surface area contributed by atoms with E-state index < -0.39 is 18.1 Å². The number of carbonyl (C=O) groups is 1. The lowest BCUT2D eigenvalue weighted by Gasteiger charge is -2.26. The van der Waals surface area contributed by atoms with Gasteiger partial charge in [-0.2, -0.15) is 0 Å². The molecule has 0 saturated carbocycles. The van der Waals surface area contributed by atoms with Crippen LogP contribution in [0.1, 0.15) is 11.5 Å². The van der Waals surface area contributed by atoms with Crippen LogP contribution in [0.4, 0.5) is 0 Å². The van der Waals surface area contributed by atoms with E-state index in [0.29, 0.717) is 0 Å². The van der Waals surface area contributed by atoms with Crippen LogP contribution >= 0.6 is 0 Å². The number of benzene rings is 1. The first-order chi connectivity index (χ1) is 7.17. The summed E-state index contributed by atoms with van der Waals surface area (Å²) < 4.78 is 0. The maximum atomic E-state index is 11.6. The molecule has 0 heterocycles. The van der Waals surface area contributed by atoms with Crippen LogP contribution in [-0.2, 0) is 4.79 Å². The smallest absolute Gasteiger partial charge is 0.166 e. The van der Waals surface area contributed by atoms with Gasteiger partial charge in [-0.15, -0.1) is 0 Å². The van der Waals surface area contributed by atoms with Crippen LogP contribution in [0, 0.1) is 0 Å². The molecule has 0 saturated heterocycles. The third kappa shape index (κ3) is 1.60. The van der Waals surface area contributed by atoms with Gasteiger partial charge in [0.1, 0.15) is 5.60 Å². The van der Waals surface area contributed by atoms with E-state index in [2.05, 4.69) is 0 Å². The van der Waals surface area contributed by atoms with Crippen LogP contribution in [0.2, 0.25) is 0 Å². The van der Waals surface area contributed by atoms with E-state index in [1.165, 1.54) is 12.2 Å². The van der Waals surface area contributed by atoms with Crippen LogP contribution in [0.5, 0.6) is 0 Å². The van der Waals surface area contributed by atoms with Gasteiger partial charge in [-0.05, 0) is 17.7 Å². The largest absolute Gasteiger partial charge is 0.393 e. The van der Waals surface area contributed by atoms with Crippen LogP contribution in [0.25, 0.3) is 0 Å². The van der Waals surface area contributed by atoms with E-state index in [4.69, 9.17) is 5.11 Å². The molecule has 0 aromatic heterocycles. The van der Waals surface area contributed by atoms with Gasteiger partial charge in [0.25, 0.3) is 0 Å². The molecule has 0 fully saturated rings. The highest BCUT2D eigenvalue weighted by Crippen LogP contribution is 2.35. The van der Waals surface area contributed by atoms with Crippen molar-refractivity contribution in [1.82, 2.24) is 0 Å². The molecule has 15 heavy (non-hydrogen) atoms. The molecule has 1 aromatic carbocycles. The first-order valence-corrected chi connectivity index (χ1v) is 4.78. The first-order valence-electron chi connectivity index (χ1n) is 4.78. The zero-order valence-electron chi connectivity index (χ0n) is 8.13. The number of aliphatic hydroxyl groups is 2. The predicted molar refractivity (Wildman–Crippen MR) is 55.4 cm³/mol. The van der Waals surface area contributed by atoms with Gasteiger partial charge >= 0.3 is 0 Å². The van der Waals surface area contributed by atoms with Crippen molar-refractivity contribution < 1.29 is 15.0 Å². The average Bonchev–Trinajstić information content (AvgIpc) is 2.57. The molecular weight excluding hydrogens is 192 g/mol. The molecule has 3 nitrogen and oxygen atoms in total. The molecule has 2 rings (SSSR count). The molecular formula is C12H12O3. The Balaban J connectivity index is 2.41. The Morgan fingerprint density at radius 2 is 1.93 bits per heavy atom. The summed E-state index contributed by atoms with van der Waals surface area (Å²) in [6.07, 6.45) is 2.70. The minimum absolute atomic E-state index is 0.169. The maximum Gasteiger partial charge on any atom is 0.166 e. The van der Waals surface area contributed by atoms with Crippen molar-refractivity contribution in [3.05, 3.63) is 48.0 Å². The summed E-state index contributed by atoms with van der Waals surface area (Å²) in [6, 6.07) is 9.00. The van der Waals surface area contributed by atoms with Crippen molar-refractivity contribution in [3.8, 4) is 0 Å². The summed E-state index contributed by atoms with van der Waals surface area (Å²) >= 11 is 0. The van der Waals surface area contributed by atoms with E-state index in [0.717, 1.165) is 5.56 Å². The topological polar surface area (TPSA) is 57.5 Å². The number of aliphatic hydroxyl groups excluding tert-OH is 1. The van der Waals surface area contributed by atoms with Crippen molar-refractivity contribution >= 4 is 5.78 Å². The number of carbonyl (C=O) groups excluding carboxylic acids is 1. The standard InChI is InChI=1S/C12H12O3/c13-8-12(15)7-6-10(14)11(12)9-4-2-1-3-5-9/h1-7,11,13,15H,8H2/t11-,12+/m0/s1. The molecule has 0 spiro atoms. The third-order valence-electron chi connectivity index (χ3n) is 2.71. The Bertz CT molecular complexity index is 397. The zero-order chi connectivity index (χ0) is 10.9. The van der Waals surface area contributed by atoms with Gasteiger partial charge in [0.05, 0.1) is 12.5 Å². The predicted octanol–water partition coefficient (Wildman–Crippen LogP) is 0.632. The molecule has 0 unspecified atom stereocenters. The second kappa shape index (κ2) is 3.61. The molecule has 0 bridgehead atoms. The summed E-state index contributed by atoms with van der Waals surface area (Å²) in [5.41, 5.74) is -0.720. The lowest BCUT2D eigenvalue weighted by Crippen LogP contribution is -2.37. The van der Waals surface area contributed by atoms with Crippen LogP contribution in [-0.4, -0.2) is 28.2 Å². The number of allylic oxidation sites excluding steroid dienone is 1. The fourth-order valence-electron chi connectivity index (χ4n) is 1.91. The highest BCUT2D eigenvalue weighted by atomic mass is 16.3. The number of hydrogen-bond acceptors (Lipinski definition) is 3. The van der Waals surface area contributed by atoms with Crippen molar-refractivity contribution in [2.45, 2.75) is 11.5 Å². The molecule has 2 atom stereocenters. The van der Waals surface area contributed by atoms with Gasteiger partial charge in [0.15, 0.2) is 5.78 Å². The molecule has 0 aliphatic heterocycles. The Hall–Kier alpha value is -1.45. The molecule has 0 radical (unpaired) electrons. The second-order valence-corrected chi connectivity index (χ2v) is 3.73. The fourth-order valence-corrected chi connectivity index (χ4v) is 1.91. The second-order valence-electron chi connectivity index (χ2n) is 3.73. The van der Waals surface area contributed by atoms with Crippen molar-refractivity contribution in [2.75, 3.05) is 6.61 Å².